The number of aryl methyl sites for hydroxylation is 2. The molecule has 1 heterocycles. The minimum atomic E-state index is 0.159. The number of amides is 1. The van der Waals surface area contributed by atoms with Gasteiger partial charge < -0.3 is 5.32 Å². The SMILES string of the molecule is O=C(Cc1ccc2c(c1)CCCC2)NC1CCN(Cc2ccc(Cl)cc2)CC1. The molecule has 28 heavy (non-hydrogen) atoms. The Morgan fingerprint density at radius 3 is 2.39 bits per heavy atom. The van der Waals surface area contributed by atoms with Crippen molar-refractivity contribution in [3.8, 4) is 0 Å². The first-order valence-electron chi connectivity index (χ1n) is 10.5. The minimum Gasteiger partial charge on any atom is -0.353 e. The van der Waals surface area contributed by atoms with Gasteiger partial charge in [0.2, 0.25) is 5.91 Å². The Kier molecular flexibility index (Phi) is 6.33. The van der Waals surface area contributed by atoms with E-state index in [9.17, 15) is 4.79 Å². The second-order valence-corrected chi connectivity index (χ2v) is 8.67. The highest BCUT2D eigenvalue weighted by Gasteiger charge is 2.21. The van der Waals surface area contributed by atoms with Crippen molar-refractivity contribution in [1.29, 1.82) is 0 Å². The van der Waals surface area contributed by atoms with Gasteiger partial charge in [0.05, 0.1) is 6.42 Å². The van der Waals surface area contributed by atoms with E-state index in [1.54, 1.807) is 0 Å². The number of hydrogen-bond acceptors (Lipinski definition) is 2. The van der Waals surface area contributed by atoms with Gasteiger partial charge >= 0.3 is 0 Å². The molecule has 0 saturated carbocycles. The smallest absolute Gasteiger partial charge is 0.224 e. The van der Waals surface area contributed by atoms with Crippen LogP contribution in [0.3, 0.4) is 0 Å². The Morgan fingerprint density at radius 2 is 1.64 bits per heavy atom. The fourth-order valence-corrected chi connectivity index (χ4v) is 4.57. The minimum absolute atomic E-state index is 0.159. The highest BCUT2D eigenvalue weighted by Crippen LogP contribution is 2.22. The van der Waals surface area contributed by atoms with Gasteiger partial charge in [-0.1, -0.05) is 41.9 Å². The van der Waals surface area contributed by atoms with Crippen molar-refractivity contribution in [3.05, 3.63) is 69.7 Å². The maximum atomic E-state index is 12.5. The normalized spacial score (nSPS) is 17.9. The molecule has 1 aliphatic carbocycles. The number of carbonyl (C=O) groups excluding carboxylic acids is 1. The summed E-state index contributed by atoms with van der Waals surface area (Å²) < 4.78 is 0. The molecule has 2 aromatic carbocycles. The Bertz CT molecular complexity index is 810. The quantitative estimate of drug-likeness (QED) is 0.804. The molecule has 0 spiro atoms. The number of nitrogens with zero attached hydrogens (tertiary/aromatic N) is 1. The van der Waals surface area contributed by atoms with Crippen LogP contribution in [-0.4, -0.2) is 29.9 Å². The summed E-state index contributed by atoms with van der Waals surface area (Å²) in [7, 11) is 0. The number of hydrogen-bond donors (Lipinski definition) is 1. The van der Waals surface area contributed by atoms with Crippen molar-refractivity contribution in [2.24, 2.45) is 0 Å². The van der Waals surface area contributed by atoms with Crippen LogP contribution >= 0.6 is 11.6 Å². The van der Waals surface area contributed by atoms with Gasteiger partial charge in [-0.2, -0.15) is 0 Å². The van der Waals surface area contributed by atoms with Crippen LogP contribution in [0.1, 0.15) is 47.9 Å². The summed E-state index contributed by atoms with van der Waals surface area (Å²) in [6.45, 7) is 2.99. The largest absolute Gasteiger partial charge is 0.353 e. The molecule has 0 bridgehead atoms. The number of benzene rings is 2. The van der Waals surface area contributed by atoms with Gasteiger partial charge in [0.25, 0.3) is 0 Å². The van der Waals surface area contributed by atoms with E-state index in [2.05, 4.69) is 40.5 Å². The molecule has 1 aliphatic heterocycles. The highest BCUT2D eigenvalue weighted by molar-refractivity contribution is 6.30. The highest BCUT2D eigenvalue weighted by atomic mass is 35.5. The number of fused-ring (bicyclic) bond motifs is 1. The van der Waals surface area contributed by atoms with E-state index in [4.69, 9.17) is 11.6 Å². The Labute approximate surface area is 173 Å². The average Bonchev–Trinajstić information content (AvgIpc) is 2.71. The summed E-state index contributed by atoms with van der Waals surface area (Å²) in [4.78, 5) is 15.0. The second kappa shape index (κ2) is 9.11. The standard InChI is InChI=1S/C24H29ClN2O/c25-22-9-6-18(7-10-22)17-27-13-11-23(12-14-27)26-24(28)16-19-5-8-20-3-1-2-4-21(20)15-19/h5-10,15,23H,1-4,11-14,16-17H2,(H,26,28). The maximum absolute atomic E-state index is 12.5. The molecule has 4 rings (SSSR count). The van der Waals surface area contributed by atoms with Gasteiger partial charge in [-0.25, -0.2) is 0 Å². The predicted octanol–water partition coefficient (Wildman–Crippen LogP) is 4.54. The monoisotopic (exact) mass is 396 g/mol. The summed E-state index contributed by atoms with van der Waals surface area (Å²) in [6.07, 6.45) is 7.46. The van der Waals surface area contributed by atoms with Crippen LogP contribution in [0.25, 0.3) is 0 Å². The van der Waals surface area contributed by atoms with Gasteiger partial charge in [0, 0.05) is 30.7 Å². The van der Waals surface area contributed by atoms with Crippen molar-refractivity contribution in [2.45, 2.75) is 57.5 Å². The predicted molar refractivity (Wildman–Crippen MR) is 115 cm³/mol. The summed E-state index contributed by atoms with van der Waals surface area (Å²) >= 11 is 5.96. The molecule has 148 valence electrons. The van der Waals surface area contributed by atoms with E-state index in [-0.39, 0.29) is 5.91 Å². The van der Waals surface area contributed by atoms with Crippen LogP contribution in [0.4, 0.5) is 0 Å². The molecular weight excluding hydrogens is 368 g/mol. The number of carbonyl (C=O) groups is 1. The molecular formula is C24H29ClN2O. The number of nitrogens with one attached hydrogen (secondary N) is 1. The van der Waals surface area contributed by atoms with Crippen molar-refractivity contribution >= 4 is 17.5 Å². The van der Waals surface area contributed by atoms with Crippen LogP contribution in [0, 0.1) is 0 Å². The summed E-state index contributed by atoms with van der Waals surface area (Å²) in [5.41, 5.74) is 5.37. The molecule has 1 amide bonds. The molecule has 4 heteroatoms. The van der Waals surface area contributed by atoms with Crippen LogP contribution < -0.4 is 5.32 Å². The Morgan fingerprint density at radius 1 is 0.964 bits per heavy atom. The van der Waals surface area contributed by atoms with E-state index in [1.165, 1.54) is 36.0 Å². The third-order valence-electron chi connectivity index (χ3n) is 6.05. The van der Waals surface area contributed by atoms with Gasteiger partial charge in [-0.15, -0.1) is 0 Å². The molecule has 2 aliphatic rings. The molecule has 0 aromatic heterocycles. The maximum Gasteiger partial charge on any atom is 0.224 e. The van der Waals surface area contributed by atoms with Crippen molar-refractivity contribution in [1.82, 2.24) is 10.2 Å². The number of halogens is 1. The van der Waals surface area contributed by atoms with Crippen LogP contribution in [0.2, 0.25) is 5.02 Å². The molecule has 1 fully saturated rings. The van der Waals surface area contributed by atoms with Crippen LogP contribution in [0.5, 0.6) is 0 Å². The third kappa shape index (κ3) is 5.15. The number of likely N-dealkylation sites (tertiary alicyclic amines) is 1. The van der Waals surface area contributed by atoms with E-state index in [0.717, 1.165) is 49.5 Å². The fraction of sp³-hybridized carbons (Fsp3) is 0.458. The lowest BCUT2D eigenvalue weighted by molar-refractivity contribution is -0.121. The molecule has 0 radical (unpaired) electrons. The first-order valence-corrected chi connectivity index (χ1v) is 10.9. The molecule has 1 saturated heterocycles. The topological polar surface area (TPSA) is 32.3 Å². The van der Waals surface area contributed by atoms with Gasteiger partial charge in [-0.05, 0) is 72.9 Å². The Hall–Kier alpha value is -1.84. The van der Waals surface area contributed by atoms with Gasteiger partial charge in [0.15, 0.2) is 0 Å². The third-order valence-corrected chi connectivity index (χ3v) is 6.30. The number of piperidine rings is 1. The van der Waals surface area contributed by atoms with E-state index in [1.807, 2.05) is 12.1 Å². The number of rotatable bonds is 5. The molecule has 0 atom stereocenters. The van der Waals surface area contributed by atoms with Gasteiger partial charge in [-0.3, -0.25) is 9.69 Å². The lowest BCUT2D eigenvalue weighted by atomic mass is 9.90. The lowest BCUT2D eigenvalue weighted by Gasteiger charge is -2.32. The summed E-state index contributed by atoms with van der Waals surface area (Å²) in [5, 5.41) is 4.04. The van der Waals surface area contributed by atoms with Crippen molar-refractivity contribution in [3.63, 3.8) is 0 Å². The second-order valence-electron chi connectivity index (χ2n) is 8.23. The van der Waals surface area contributed by atoms with Crippen LogP contribution in [0.15, 0.2) is 42.5 Å². The molecule has 0 unspecified atom stereocenters. The lowest BCUT2D eigenvalue weighted by Crippen LogP contribution is -2.44. The van der Waals surface area contributed by atoms with Crippen molar-refractivity contribution in [2.75, 3.05) is 13.1 Å². The van der Waals surface area contributed by atoms with Crippen molar-refractivity contribution < 1.29 is 4.79 Å². The molecule has 2 aromatic rings. The zero-order chi connectivity index (χ0) is 19.3. The fourth-order valence-electron chi connectivity index (χ4n) is 4.44. The average molecular weight is 397 g/mol. The molecule has 1 N–H and O–H groups in total. The van der Waals surface area contributed by atoms with E-state index in [0.29, 0.717) is 12.5 Å². The zero-order valence-corrected chi connectivity index (χ0v) is 17.2. The Balaban J connectivity index is 1.23. The van der Waals surface area contributed by atoms with E-state index < -0.39 is 0 Å². The van der Waals surface area contributed by atoms with E-state index >= 15 is 0 Å². The summed E-state index contributed by atoms with van der Waals surface area (Å²) in [5.74, 6) is 0.159. The molecule has 3 nitrogen and oxygen atoms in total. The first kappa shape index (κ1) is 19.5. The summed E-state index contributed by atoms with van der Waals surface area (Å²) in [6, 6.07) is 15.0. The zero-order valence-electron chi connectivity index (χ0n) is 16.4. The first-order chi connectivity index (χ1) is 13.7. The van der Waals surface area contributed by atoms with Gasteiger partial charge in [0.1, 0.15) is 0 Å². The van der Waals surface area contributed by atoms with Crippen LogP contribution in [-0.2, 0) is 30.6 Å².